The highest BCUT2D eigenvalue weighted by atomic mass is 14.8. The van der Waals surface area contributed by atoms with Gasteiger partial charge < -0.3 is 0 Å². The predicted octanol–water partition coefficient (Wildman–Crippen LogP) is 11.6. The SMILES string of the molecule is c1ccc(-c2nc3cc(-c4cc(-c5ccccn5)nc(-c5ccccn5)c4)ccc3c3ccc4nc(-c5ccc6ccccc6c5)ccc4c23)cc1. The molecular weight excluding hydrogens is 635 g/mol. The summed E-state index contributed by atoms with van der Waals surface area (Å²) in [7, 11) is 0. The summed E-state index contributed by atoms with van der Waals surface area (Å²) in [6.07, 6.45) is 3.59. The average molecular weight is 664 g/mol. The van der Waals surface area contributed by atoms with Crippen LogP contribution in [0.25, 0.3) is 99.8 Å². The molecule has 242 valence electrons. The third kappa shape index (κ3) is 5.24. The number of rotatable bonds is 5. The minimum absolute atomic E-state index is 0.789. The number of benzene rings is 5. The molecule has 5 heteroatoms. The van der Waals surface area contributed by atoms with E-state index in [0.29, 0.717) is 0 Å². The highest BCUT2D eigenvalue weighted by molar-refractivity contribution is 6.21. The van der Waals surface area contributed by atoms with E-state index in [2.05, 4.69) is 131 Å². The molecule has 0 bridgehead atoms. The third-order valence-electron chi connectivity index (χ3n) is 9.73. The summed E-state index contributed by atoms with van der Waals surface area (Å²) >= 11 is 0. The van der Waals surface area contributed by atoms with Gasteiger partial charge in [-0.1, -0.05) is 97.1 Å². The Balaban J connectivity index is 1.16. The summed E-state index contributed by atoms with van der Waals surface area (Å²) in [6, 6.07) is 56.6. The lowest BCUT2D eigenvalue weighted by Gasteiger charge is -2.15. The van der Waals surface area contributed by atoms with Gasteiger partial charge in [0.15, 0.2) is 0 Å². The molecule has 5 heterocycles. The number of hydrogen-bond donors (Lipinski definition) is 0. The number of nitrogens with zero attached hydrogens (tertiary/aromatic N) is 5. The van der Waals surface area contributed by atoms with Crippen LogP contribution in [0.3, 0.4) is 0 Å². The number of aromatic nitrogens is 5. The van der Waals surface area contributed by atoms with Crippen molar-refractivity contribution >= 4 is 43.4 Å². The van der Waals surface area contributed by atoms with Crippen LogP contribution in [-0.2, 0) is 0 Å². The fraction of sp³-hybridized carbons (Fsp3) is 0. The van der Waals surface area contributed by atoms with Crippen LogP contribution in [-0.4, -0.2) is 24.9 Å². The molecule has 5 nitrogen and oxygen atoms in total. The lowest BCUT2D eigenvalue weighted by Crippen LogP contribution is -1.95. The van der Waals surface area contributed by atoms with Crippen molar-refractivity contribution in [2.75, 3.05) is 0 Å². The molecular formula is C47H29N5. The number of pyridine rings is 5. The minimum atomic E-state index is 0.789. The maximum atomic E-state index is 5.42. The van der Waals surface area contributed by atoms with Gasteiger partial charge in [-0.25, -0.2) is 15.0 Å². The molecule has 0 amide bonds. The highest BCUT2D eigenvalue weighted by Crippen LogP contribution is 2.39. The Labute approximate surface area is 300 Å². The average Bonchev–Trinajstić information content (AvgIpc) is 3.23. The molecule has 0 radical (unpaired) electrons. The second-order valence-corrected chi connectivity index (χ2v) is 12.9. The topological polar surface area (TPSA) is 64.5 Å². The first-order chi connectivity index (χ1) is 25.7. The molecule has 10 rings (SSSR count). The van der Waals surface area contributed by atoms with Gasteiger partial charge in [0.25, 0.3) is 0 Å². The van der Waals surface area contributed by atoms with Gasteiger partial charge in [0.1, 0.15) is 0 Å². The van der Waals surface area contributed by atoms with Crippen molar-refractivity contribution in [1.82, 2.24) is 24.9 Å². The summed E-state index contributed by atoms with van der Waals surface area (Å²) in [4.78, 5) is 24.8. The summed E-state index contributed by atoms with van der Waals surface area (Å²) in [5.41, 5.74) is 11.1. The standard InChI is InChI=1S/C47H29N5/c1-2-11-31(12-3-1)47-46-37(20-23-40-38(46)21-22-39(50-40)34-17-16-30-10-4-5-13-32(30)26-34)36-19-18-33(27-43(36)52-47)35-28-44(41-14-6-8-24-48-41)51-45(29-35)42-15-7-9-25-49-42/h1-29H. The van der Waals surface area contributed by atoms with Crippen molar-refractivity contribution in [2.24, 2.45) is 0 Å². The molecule has 0 atom stereocenters. The molecule has 52 heavy (non-hydrogen) atoms. The highest BCUT2D eigenvalue weighted by Gasteiger charge is 2.17. The lowest BCUT2D eigenvalue weighted by atomic mass is 9.94. The second-order valence-electron chi connectivity index (χ2n) is 12.9. The number of fused-ring (bicyclic) bond motifs is 6. The zero-order valence-corrected chi connectivity index (χ0v) is 28.0. The van der Waals surface area contributed by atoms with E-state index in [9.17, 15) is 0 Å². The van der Waals surface area contributed by atoms with Gasteiger partial charge >= 0.3 is 0 Å². The van der Waals surface area contributed by atoms with Gasteiger partial charge in [-0.2, -0.15) is 0 Å². The first kappa shape index (κ1) is 29.8. The smallest absolute Gasteiger partial charge is 0.0900 e. The zero-order chi connectivity index (χ0) is 34.4. The first-order valence-corrected chi connectivity index (χ1v) is 17.3. The van der Waals surface area contributed by atoms with E-state index < -0.39 is 0 Å². The van der Waals surface area contributed by atoms with Crippen LogP contribution in [0.4, 0.5) is 0 Å². The van der Waals surface area contributed by atoms with Crippen LogP contribution >= 0.6 is 0 Å². The largest absolute Gasteiger partial charge is 0.255 e. The van der Waals surface area contributed by atoms with Crippen LogP contribution in [0, 0.1) is 0 Å². The van der Waals surface area contributed by atoms with Gasteiger partial charge in [0.05, 0.1) is 45.2 Å². The van der Waals surface area contributed by atoms with E-state index in [1.54, 1.807) is 12.4 Å². The van der Waals surface area contributed by atoms with Crippen LogP contribution < -0.4 is 0 Å². The molecule has 0 aliphatic carbocycles. The number of hydrogen-bond acceptors (Lipinski definition) is 5. The fourth-order valence-electron chi connectivity index (χ4n) is 7.19. The summed E-state index contributed by atoms with van der Waals surface area (Å²) in [5.74, 6) is 0. The van der Waals surface area contributed by atoms with Crippen LogP contribution in [0.2, 0.25) is 0 Å². The maximum Gasteiger partial charge on any atom is 0.0900 e. The normalized spacial score (nSPS) is 11.5. The van der Waals surface area contributed by atoms with Crippen LogP contribution in [0.1, 0.15) is 0 Å². The maximum absolute atomic E-state index is 5.42. The van der Waals surface area contributed by atoms with E-state index in [4.69, 9.17) is 15.0 Å². The summed E-state index contributed by atoms with van der Waals surface area (Å²) in [5, 5.41) is 6.82. The molecule has 0 saturated carbocycles. The quantitative estimate of drug-likeness (QED) is 0.171. The Hall–Kier alpha value is -7.11. The Morgan fingerprint density at radius 3 is 1.73 bits per heavy atom. The van der Waals surface area contributed by atoms with E-state index in [-0.39, 0.29) is 0 Å². The van der Waals surface area contributed by atoms with Crippen molar-refractivity contribution in [1.29, 1.82) is 0 Å². The van der Waals surface area contributed by atoms with E-state index >= 15 is 0 Å². The third-order valence-corrected chi connectivity index (χ3v) is 9.73. The first-order valence-electron chi connectivity index (χ1n) is 17.3. The van der Waals surface area contributed by atoms with E-state index in [1.165, 1.54) is 10.8 Å². The van der Waals surface area contributed by atoms with Gasteiger partial charge in [-0.15, -0.1) is 0 Å². The molecule has 10 aromatic rings. The Morgan fingerprint density at radius 1 is 0.308 bits per heavy atom. The molecule has 0 aliphatic rings. The van der Waals surface area contributed by atoms with Gasteiger partial charge in [-0.05, 0) is 94.0 Å². The Morgan fingerprint density at radius 2 is 0.981 bits per heavy atom. The lowest BCUT2D eigenvalue weighted by molar-refractivity contribution is 1.22. The van der Waals surface area contributed by atoms with Crippen molar-refractivity contribution in [3.05, 3.63) is 176 Å². The molecule has 0 fully saturated rings. The van der Waals surface area contributed by atoms with Crippen molar-refractivity contribution in [3.8, 4) is 56.4 Å². The molecule has 5 aromatic carbocycles. The predicted molar refractivity (Wildman–Crippen MR) is 213 cm³/mol. The summed E-state index contributed by atoms with van der Waals surface area (Å²) in [6.45, 7) is 0. The van der Waals surface area contributed by atoms with E-state index in [1.807, 2.05) is 42.5 Å². The molecule has 0 unspecified atom stereocenters. The molecule has 5 aromatic heterocycles. The van der Waals surface area contributed by atoms with Crippen molar-refractivity contribution in [2.45, 2.75) is 0 Å². The van der Waals surface area contributed by atoms with Crippen LogP contribution in [0.5, 0.6) is 0 Å². The monoisotopic (exact) mass is 663 g/mol. The van der Waals surface area contributed by atoms with Crippen LogP contribution in [0.15, 0.2) is 176 Å². The summed E-state index contributed by atoms with van der Waals surface area (Å²) < 4.78 is 0. The molecule has 0 N–H and O–H groups in total. The van der Waals surface area contributed by atoms with Crippen molar-refractivity contribution in [3.63, 3.8) is 0 Å². The van der Waals surface area contributed by atoms with Gasteiger partial charge in [0.2, 0.25) is 0 Å². The molecule has 0 spiro atoms. The minimum Gasteiger partial charge on any atom is -0.255 e. The molecule has 0 saturated heterocycles. The second kappa shape index (κ2) is 12.3. The van der Waals surface area contributed by atoms with Gasteiger partial charge in [0, 0.05) is 39.7 Å². The Kier molecular flexibility index (Phi) is 7.07. The Bertz CT molecular complexity index is 2890. The van der Waals surface area contributed by atoms with Crippen molar-refractivity contribution < 1.29 is 0 Å². The molecule has 0 aliphatic heterocycles. The fourth-order valence-corrected chi connectivity index (χ4v) is 7.19. The zero-order valence-electron chi connectivity index (χ0n) is 28.0. The van der Waals surface area contributed by atoms with Gasteiger partial charge in [-0.3, -0.25) is 9.97 Å². The van der Waals surface area contributed by atoms with E-state index in [0.717, 1.165) is 89.0 Å².